The number of aryl methyl sites for hydroxylation is 2. The first-order valence-corrected chi connectivity index (χ1v) is 6.92. The molecule has 88 valence electrons. The molecule has 1 heterocycles. The lowest BCUT2D eigenvalue weighted by Crippen LogP contribution is -2.34. The Labute approximate surface area is 105 Å². The zero-order chi connectivity index (χ0) is 11.7. The van der Waals surface area contributed by atoms with E-state index < -0.39 is 0 Å². The Kier molecular flexibility index (Phi) is 3.55. The Morgan fingerprint density at radius 3 is 2.69 bits per heavy atom. The van der Waals surface area contributed by atoms with Gasteiger partial charge in [0.1, 0.15) is 0 Å². The summed E-state index contributed by atoms with van der Waals surface area (Å²) in [6, 6.07) is 2.43. The van der Waals surface area contributed by atoms with Crippen molar-refractivity contribution in [2.75, 3.05) is 12.4 Å². The van der Waals surface area contributed by atoms with Crippen LogP contribution in [0.2, 0.25) is 0 Å². The number of hydrogen-bond acceptors (Lipinski definition) is 2. The number of nitrogens with zero attached hydrogens (tertiary/aromatic N) is 1. The van der Waals surface area contributed by atoms with Crippen LogP contribution >= 0.6 is 22.9 Å². The number of hydrogen-bond donors (Lipinski definition) is 0. The zero-order valence-electron chi connectivity index (χ0n) is 9.62. The molecule has 16 heavy (non-hydrogen) atoms. The van der Waals surface area contributed by atoms with Crippen LogP contribution in [0, 0.1) is 13.8 Å². The molecule has 4 heteroatoms. The van der Waals surface area contributed by atoms with Crippen molar-refractivity contribution in [2.24, 2.45) is 0 Å². The Morgan fingerprint density at radius 2 is 2.25 bits per heavy atom. The van der Waals surface area contributed by atoms with Gasteiger partial charge in [-0.3, -0.25) is 4.79 Å². The summed E-state index contributed by atoms with van der Waals surface area (Å²) in [5, 5.41) is 0. The number of alkyl halides is 1. The van der Waals surface area contributed by atoms with Crippen LogP contribution < -0.4 is 0 Å². The molecular formula is C12H16ClNOS. The van der Waals surface area contributed by atoms with Gasteiger partial charge in [0.15, 0.2) is 0 Å². The molecule has 0 aliphatic heterocycles. The van der Waals surface area contributed by atoms with Crippen molar-refractivity contribution in [3.63, 3.8) is 0 Å². The first-order chi connectivity index (χ1) is 7.63. The molecule has 0 unspecified atom stereocenters. The minimum absolute atomic E-state index is 0.157. The third-order valence-corrected chi connectivity index (χ3v) is 4.26. The second kappa shape index (κ2) is 4.76. The molecule has 0 spiro atoms. The number of carbonyl (C=O) groups excluding carboxylic acids is 1. The summed E-state index contributed by atoms with van der Waals surface area (Å²) in [7, 11) is 0. The molecule has 1 aromatic heterocycles. The smallest absolute Gasteiger partial charge is 0.264 e. The van der Waals surface area contributed by atoms with E-state index in [1.807, 2.05) is 17.9 Å². The fraction of sp³-hybridized carbons (Fsp3) is 0.583. The van der Waals surface area contributed by atoms with Crippen LogP contribution in [-0.4, -0.2) is 29.3 Å². The van der Waals surface area contributed by atoms with Gasteiger partial charge < -0.3 is 4.90 Å². The second-order valence-corrected chi connectivity index (χ2v) is 5.90. The van der Waals surface area contributed by atoms with Gasteiger partial charge in [0.05, 0.1) is 4.88 Å². The quantitative estimate of drug-likeness (QED) is 0.759. The predicted octanol–water partition coefficient (Wildman–Crippen LogP) is 3.21. The Hall–Kier alpha value is -0.540. The molecular weight excluding hydrogens is 242 g/mol. The zero-order valence-corrected chi connectivity index (χ0v) is 11.2. The number of halogens is 1. The first-order valence-electron chi connectivity index (χ1n) is 5.57. The Bertz CT molecular complexity index is 378. The molecule has 1 aliphatic carbocycles. The third-order valence-electron chi connectivity index (χ3n) is 2.95. The molecule has 1 amide bonds. The molecule has 1 fully saturated rings. The highest BCUT2D eigenvalue weighted by atomic mass is 35.5. The topological polar surface area (TPSA) is 20.3 Å². The summed E-state index contributed by atoms with van der Waals surface area (Å²) < 4.78 is 0. The molecule has 0 saturated heterocycles. The summed E-state index contributed by atoms with van der Waals surface area (Å²) in [6.07, 6.45) is 2.26. The van der Waals surface area contributed by atoms with Crippen molar-refractivity contribution in [1.29, 1.82) is 0 Å². The number of carbonyl (C=O) groups is 1. The van der Waals surface area contributed by atoms with E-state index in [1.54, 1.807) is 11.3 Å². The van der Waals surface area contributed by atoms with E-state index in [9.17, 15) is 4.79 Å². The van der Waals surface area contributed by atoms with E-state index in [0.29, 0.717) is 18.5 Å². The van der Waals surface area contributed by atoms with Crippen LogP contribution in [0.25, 0.3) is 0 Å². The van der Waals surface area contributed by atoms with Crippen molar-refractivity contribution in [3.05, 3.63) is 21.4 Å². The van der Waals surface area contributed by atoms with Crippen LogP contribution in [0.5, 0.6) is 0 Å². The molecule has 0 atom stereocenters. The van der Waals surface area contributed by atoms with Gasteiger partial charge in [0.2, 0.25) is 0 Å². The molecule has 1 aromatic rings. The standard InChI is InChI=1S/C12H16ClNOS/c1-8-7-11(16-9(8)2)12(15)14(6-5-13)10-3-4-10/h7,10H,3-6H2,1-2H3. The van der Waals surface area contributed by atoms with Gasteiger partial charge in [0, 0.05) is 23.3 Å². The van der Waals surface area contributed by atoms with Crippen molar-refractivity contribution < 1.29 is 4.79 Å². The summed E-state index contributed by atoms with van der Waals surface area (Å²) in [5.74, 6) is 0.676. The van der Waals surface area contributed by atoms with E-state index in [2.05, 4.69) is 6.92 Å². The van der Waals surface area contributed by atoms with E-state index in [4.69, 9.17) is 11.6 Å². The molecule has 0 radical (unpaired) electrons. The van der Waals surface area contributed by atoms with Crippen LogP contribution in [-0.2, 0) is 0 Å². The molecule has 2 nitrogen and oxygen atoms in total. The van der Waals surface area contributed by atoms with Gasteiger partial charge in [0.25, 0.3) is 5.91 Å². The lowest BCUT2D eigenvalue weighted by molar-refractivity contribution is 0.0758. The van der Waals surface area contributed by atoms with Crippen molar-refractivity contribution in [3.8, 4) is 0 Å². The molecule has 1 saturated carbocycles. The third kappa shape index (κ3) is 2.41. The number of thiophene rings is 1. The maximum atomic E-state index is 12.3. The molecule has 2 rings (SSSR count). The SMILES string of the molecule is Cc1cc(C(=O)N(CCCl)C2CC2)sc1C. The monoisotopic (exact) mass is 257 g/mol. The van der Waals surface area contributed by atoms with E-state index >= 15 is 0 Å². The highest BCUT2D eigenvalue weighted by Gasteiger charge is 2.33. The minimum Gasteiger partial charge on any atom is -0.334 e. The molecule has 1 aliphatic rings. The van der Waals surface area contributed by atoms with Crippen LogP contribution in [0.15, 0.2) is 6.07 Å². The highest BCUT2D eigenvalue weighted by Crippen LogP contribution is 2.30. The van der Waals surface area contributed by atoms with Gasteiger partial charge in [-0.15, -0.1) is 22.9 Å². The maximum absolute atomic E-state index is 12.3. The normalized spacial score (nSPS) is 15.2. The largest absolute Gasteiger partial charge is 0.334 e. The summed E-state index contributed by atoms with van der Waals surface area (Å²) >= 11 is 7.33. The summed E-state index contributed by atoms with van der Waals surface area (Å²) in [6.45, 7) is 4.77. The van der Waals surface area contributed by atoms with Crippen molar-refractivity contribution in [2.45, 2.75) is 32.7 Å². The Balaban J connectivity index is 2.15. The van der Waals surface area contributed by atoms with E-state index in [1.165, 1.54) is 10.4 Å². The highest BCUT2D eigenvalue weighted by molar-refractivity contribution is 7.14. The van der Waals surface area contributed by atoms with Crippen molar-refractivity contribution >= 4 is 28.8 Å². The van der Waals surface area contributed by atoms with Crippen molar-refractivity contribution in [1.82, 2.24) is 4.90 Å². The summed E-state index contributed by atoms with van der Waals surface area (Å²) in [4.78, 5) is 16.3. The van der Waals surface area contributed by atoms with Gasteiger partial charge in [-0.25, -0.2) is 0 Å². The number of amides is 1. The van der Waals surface area contributed by atoms with Crippen LogP contribution in [0.1, 0.15) is 33.0 Å². The second-order valence-electron chi connectivity index (χ2n) is 4.27. The fourth-order valence-corrected chi connectivity index (χ4v) is 2.92. The average molecular weight is 258 g/mol. The van der Waals surface area contributed by atoms with Gasteiger partial charge in [-0.2, -0.15) is 0 Å². The molecule has 0 aromatic carbocycles. The van der Waals surface area contributed by atoms with Crippen LogP contribution in [0.4, 0.5) is 0 Å². The van der Waals surface area contributed by atoms with Gasteiger partial charge in [-0.05, 0) is 38.3 Å². The Morgan fingerprint density at radius 1 is 1.56 bits per heavy atom. The predicted molar refractivity (Wildman–Crippen MR) is 68.6 cm³/mol. The lowest BCUT2D eigenvalue weighted by Gasteiger charge is -2.20. The molecule has 0 N–H and O–H groups in total. The average Bonchev–Trinajstić information content (AvgIpc) is 3.02. The van der Waals surface area contributed by atoms with Crippen LogP contribution in [0.3, 0.4) is 0 Å². The lowest BCUT2D eigenvalue weighted by atomic mass is 10.2. The summed E-state index contributed by atoms with van der Waals surface area (Å²) in [5.41, 5.74) is 1.20. The molecule has 0 bridgehead atoms. The minimum atomic E-state index is 0.157. The van der Waals surface area contributed by atoms with E-state index in [0.717, 1.165) is 17.7 Å². The van der Waals surface area contributed by atoms with E-state index in [-0.39, 0.29) is 5.91 Å². The number of rotatable bonds is 4. The first kappa shape index (κ1) is 11.9. The van der Waals surface area contributed by atoms with Gasteiger partial charge in [-0.1, -0.05) is 0 Å². The fourth-order valence-electron chi connectivity index (χ4n) is 1.75. The van der Waals surface area contributed by atoms with Gasteiger partial charge >= 0.3 is 0 Å². The maximum Gasteiger partial charge on any atom is 0.264 e.